The number of benzene rings is 2. The van der Waals surface area contributed by atoms with Gasteiger partial charge in [0.25, 0.3) is 5.69 Å². The topological polar surface area (TPSA) is 131 Å². The van der Waals surface area contributed by atoms with E-state index in [4.69, 9.17) is 19.9 Å². The third kappa shape index (κ3) is 5.53. The third-order valence-corrected chi connectivity index (χ3v) is 6.77. The summed E-state index contributed by atoms with van der Waals surface area (Å²) in [6, 6.07) is 11.3. The molecule has 1 unspecified atom stereocenters. The number of nitro groups is 1. The molecule has 10 heteroatoms. The first kappa shape index (κ1) is 26.4. The summed E-state index contributed by atoms with van der Waals surface area (Å²) in [4.78, 5) is 37.0. The van der Waals surface area contributed by atoms with Crippen molar-refractivity contribution in [3.8, 4) is 5.75 Å². The van der Waals surface area contributed by atoms with Gasteiger partial charge in [0.05, 0.1) is 17.4 Å². The minimum absolute atomic E-state index is 0.0202. The van der Waals surface area contributed by atoms with Crippen molar-refractivity contribution in [3.05, 3.63) is 91.0 Å². The molecule has 0 amide bonds. The number of rotatable bonds is 7. The molecule has 1 atom stereocenters. The normalized spacial score (nSPS) is 18.7. The van der Waals surface area contributed by atoms with Gasteiger partial charge >= 0.3 is 5.97 Å². The number of esters is 1. The van der Waals surface area contributed by atoms with Crippen LogP contribution in [0, 0.1) is 15.5 Å². The average molecular weight is 571 g/mol. The fourth-order valence-electron chi connectivity index (χ4n) is 4.65. The number of hydrogen-bond acceptors (Lipinski definition) is 8. The number of non-ortho nitro benzene ring substituents is 1. The smallest absolute Gasteiger partial charge is 0.340 e. The molecule has 0 aromatic heterocycles. The zero-order valence-corrected chi connectivity index (χ0v) is 22.3. The number of hydrogen-bond donors (Lipinski definition) is 1. The lowest BCUT2D eigenvalue weighted by Crippen LogP contribution is -2.35. The van der Waals surface area contributed by atoms with Gasteiger partial charge in [-0.05, 0) is 48.2 Å². The molecular formula is C27H27BrN2O7. The number of nitrogens with two attached hydrogens (primary N) is 1. The van der Waals surface area contributed by atoms with E-state index in [0.717, 1.165) is 0 Å². The first-order chi connectivity index (χ1) is 17.5. The second-order valence-electron chi connectivity index (χ2n) is 9.71. The number of halogens is 1. The summed E-state index contributed by atoms with van der Waals surface area (Å²) in [6.07, 6.45) is 0.767. The average Bonchev–Trinajstić information content (AvgIpc) is 2.81. The van der Waals surface area contributed by atoms with E-state index < -0.39 is 16.8 Å². The van der Waals surface area contributed by atoms with Gasteiger partial charge in [-0.1, -0.05) is 29.8 Å². The predicted molar refractivity (Wildman–Crippen MR) is 138 cm³/mol. The Morgan fingerprint density at radius 2 is 1.92 bits per heavy atom. The molecule has 9 nitrogen and oxygen atoms in total. The number of carbonyl (C=O) groups excluding carboxylic acids is 2. The van der Waals surface area contributed by atoms with E-state index in [9.17, 15) is 19.7 Å². The molecule has 0 bridgehead atoms. The number of ether oxygens (including phenoxy) is 3. The molecule has 4 rings (SSSR count). The lowest BCUT2D eigenvalue weighted by Gasteiger charge is -2.38. The number of ketones is 1. The third-order valence-electron chi connectivity index (χ3n) is 6.27. The first-order valence-electron chi connectivity index (χ1n) is 11.8. The molecule has 2 aliphatic rings. The molecule has 2 aromatic rings. The molecule has 37 heavy (non-hydrogen) atoms. The Bertz CT molecular complexity index is 1330. The molecule has 194 valence electrons. The van der Waals surface area contributed by atoms with Crippen LogP contribution >= 0.6 is 15.9 Å². The number of nitrogens with zero attached hydrogens (tertiary/aromatic N) is 1. The maximum atomic E-state index is 13.5. The minimum Gasteiger partial charge on any atom is -0.489 e. The Balaban J connectivity index is 1.79. The van der Waals surface area contributed by atoms with E-state index in [1.165, 1.54) is 12.1 Å². The van der Waals surface area contributed by atoms with Crippen LogP contribution in [0.3, 0.4) is 0 Å². The largest absolute Gasteiger partial charge is 0.489 e. The number of allylic oxidation sites excluding steroid dienone is 2. The number of Topliss-reactive ketones (excluding diaryl/α,β-unsaturated/α-hetero) is 1. The molecule has 0 radical (unpaired) electrons. The second-order valence-corrected chi connectivity index (χ2v) is 10.6. The summed E-state index contributed by atoms with van der Waals surface area (Å²) in [5.41, 5.74) is 7.61. The molecule has 0 saturated heterocycles. The van der Waals surface area contributed by atoms with Crippen LogP contribution in [0.25, 0.3) is 0 Å². The van der Waals surface area contributed by atoms with Crippen molar-refractivity contribution in [1.82, 2.24) is 0 Å². The molecule has 1 aliphatic heterocycles. The highest BCUT2D eigenvalue weighted by Crippen LogP contribution is 2.50. The van der Waals surface area contributed by atoms with Crippen molar-refractivity contribution in [3.63, 3.8) is 0 Å². The summed E-state index contributed by atoms with van der Waals surface area (Å²) in [5, 5.41) is 11.0. The van der Waals surface area contributed by atoms with Gasteiger partial charge in [0.2, 0.25) is 5.88 Å². The Kier molecular flexibility index (Phi) is 7.40. The van der Waals surface area contributed by atoms with Crippen molar-refractivity contribution in [2.75, 3.05) is 6.61 Å². The highest BCUT2D eigenvalue weighted by Gasteiger charge is 2.46. The standard InChI is InChI=1S/C27H27BrN2O7/c1-4-35-26(32)24-22(23-19(31)12-27(2,3)13-21(23)37-25(24)29)18-11-16(28)7-10-20(18)36-14-15-5-8-17(9-6-15)30(33)34/h5-11,22H,4,12-14,29H2,1-3H3. The van der Waals surface area contributed by atoms with Crippen LogP contribution < -0.4 is 10.5 Å². The maximum absolute atomic E-state index is 13.5. The lowest BCUT2D eigenvalue weighted by molar-refractivity contribution is -0.384. The van der Waals surface area contributed by atoms with Gasteiger partial charge in [0.15, 0.2) is 5.78 Å². The highest BCUT2D eigenvalue weighted by atomic mass is 79.9. The molecule has 0 saturated carbocycles. The Labute approximate surface area is 222 Å². The summed E-state index contributed by atoms with van der Waals surface area (Å²) >= 11 is 3.49. The molecule has 0 spiro atoms. The summed E-state index contributed by atoms with van der Waals surface area (Å²) in [7, 11) is 0. The number of nitro benzene ring substituents is 1. The SMILES string of the molecule is CCOC(=O)C1=C(N)OC2=C(C(=O)CC(C)(C)C2)C1c1cc(Br)ccc1OCc1ccc([N+](=O)[O-])cc1. The van der Waals surface area contributed by atoms with Gasteiger partial charge in [-0.25, -0.2) is 4.79 Å². The van der Waals surface area contributed by atoms with Crippen LogP contribution in [0.5, 0.6) is 5.75 Å². The van der Waals surface area contributed by atoms with Crippen LogP contribution in [0.4, 0.5) is 5.69 Å². The van der Waals surface area contributed by atoms with E-state index in [-0.39, 0.29) is 48.0 Å². The van der Waals surface area contributed by atoms with Gasteiger partial charge < -0.3 is 19.9 Å². The molecule has 2 aromatic carbocycles. The lowest BCUT2D eigenvalue weighted by atomic mass is 9.70. The first-order valence-corrected chi connectivity index (χ1v) is 12.6. The van der Waals surface area contributed by atoms with E-state index in [2.05, 4.69) is 15.9 Å². The van der Waals surface area contributed by atoms with Gasteiger partial charge in [-0.3, -0.25) is 14.9 Å². The zero-order chi connectivity index (χ0) is 26.9. The highest BCUT2D eigenvalue weighted by molar-refractivity contribution is 9.10. The summed E-state index contributed by atoms with van der Waals surface area (Å²) in [5.74, 6) is -0.891. The van der Waals surface area contributed by atoms with Crippen LogP contribution in [-0.2, 0) is 25.7 Å². The fraction of sp³-hybridized carbons (Fsp3) is 0.333. The minimum atomic E-state index is -0.851. The molecule has 1 heterocycles. The Morgan fingerprint density at radius 3 is 2.57 bits per heavy atom. The molecule has 2 N–H and O–H groups in total. The Morgan fingerprint density at radius 1 is 1.22 bits per heavy atom. The van der Waals surface area contributed by atoms with Crippen molar-refractivity contribution in [1.29, 1.82) is 0 Å². The van der Waals surface area contributed by atoms with E-state index >= 15 is 0 Å². The van der Waals surface area contributed by atoms with Crippen molar-refractivity contribution in [2.24, 2.45) is 11.1 Å². The van der Waals surface area contributed by atoms with Crippen LogP contribution in [0.1, 0.15) is 50.7 Å². The predicted octanol–water partition coefficient (Wildman–Crippen LogP) is 5.43. The monoisotopic (exact) mass is 570 g/mol. The molecular weight excluding hydrogens is 544 g/mol. The fourth-order valence-corrected chi connectivity index (χ4v) is 5.03. The zero-order valence-electron chi connectivity index (χ0n) is 20.7. The van der Waals surface area contributed by atoms with Crippen molar-refractivity contribution < 1.29 is 28.7 Å². The van der Waals surface area contributed by atoms with E-state index in [0.29, 0.717) is 39.1 Å². The molecule has 0 fully saturated rings. The van der Waals surface area contributed by atoms with Gasteiger partial charge in [-0.2, -0.15) is 0 Å². The maximum Gasteiger partial charge on any atom is 0.340 e. The van der Waals surface area contributed by atoms with Gasteiger partial charge in [0.1, 0.15) is 23.7 Å². The summed E-state index contributed by atoms with van der Waals surface area (Å²) < 4.78 is 18.0. The van der Waals surface area contributed by atoms with E-state index in [1.54, 1.807) is 37.3 Å². The van der Waals surface area contributed by atoms with Crippen LogP contribution in [-0.4, -0.2) is 23.3 Å². The van der Waals surface area contributed by atoms with Gasteiger partial charge in [0, 0.05) is 40.6 Å². The Hall–Kier alpha value is -3.66. The second kappa shape index (κ2) is 10.4. The van der Waals surface area contributed by atoms with E-state index in [1.807, 2.05) is 13.8 Å². The van der Waals surface area contributed by atoms with Crippen molar-refractivity contribution in [2.45, 2.75) is 46.1 Å². The summed E-state index contributed by atoms with van der Waals surface area (Å²) in [6.45, 7) is 5.87. The molecule has 1 aliphatic carbocycles. The van der Waals surface area contributed by atoms with Crippen molar-refractivity contribution >= 4 is 33.4 Å². The quantitative estimate of drug-likeness (QED) is 0.265. The number of carbonyl (C=O) groups is 2. The van der Waals surface area contributed by atoms with Gasteiger partial charge in [-0.15, -0.1) is 0 Å². The van der Waals surface area contributed by atoms with Crippen LogP contribution in [0.15, 0.2) is 69.7 Å². The van der Waals surface area contributed by atoms with Crippen LogP contribution in [0.2, 0.25) is 0 Å².